The summed E-state index contributed by atoms with van der Waals surface area (Å²) in [6.45, 7) is 0.437. The molecule has 2 aromatic rings. The third kappa shape index (κ3) is 2.86. The number of alkyl halides is 3. The third-order valence-corrected chi connectivity index (χ3v) is 2.37. The molecule has 0 aliphatic carbocycles. The van der Waals surface area contributed by atoms with E-state index in [1.807, 2.05) is 0 Å². The second kappa shape index (κ2) is 4.77. The van der Waals surface area contributed by atoms with E-state index in [-0.39, 0.29) is 13.1 Å². The number of hydrogen-bond acceptors (Lipinski definition) is 3. The standard InChI is InChI=1S/C11H11F3N4/c12-11(13,14)9-3-1-2-8(4-9)6-18-7-16-10(5-15)17-18/h1-4,7H,5-6,15H2. The summed E-state index contributed by atoms with van der Waals surface area (Å²) in [6, 6.07) is 5.12. The van der Waals surface area contributed by atoms with Crippen LogP contribution in [0.3, 0.4) is 0 Å². The van der Waals surface area contributed by atoms with Crippen molar-refractivity contribution in [2.24, 2.45) is 5.73 Å². The molecule has 1 aromatic heterocycles. The summed E-state index contributed by atoms with van der Waals surface area (Å²) in [5, 5.41) is 4.02. The first-order chi connectivity index (χ1) is 8.49. The number of aromatic nitrogens is 3. The molecule has 96 valence electrons. The third-order valence-electron chi connectivity index (χ3n) is 2.37. The van der Waals surface area contributed by atoms with Crippen molar-refractivity contribution in [2.75, 3.05) is 0 Å². The largest absolute Gasteiger partial charge is 0.416 e. The van der Waals surface area contributed by atoms with Crippen LogP contribution in [0.5, 0.6) is 0 Å². The summed E-state index contributed by atoms with van der Waals surface area (Å²) in [5.41, 5.74) is 5.20. The van der Waals surface area contributed by atoms with Crippen molar-refractivity contribution in [3.05, 3.63) is 47.5 Å². The van der Waals surface area contributed by atoms with Crippen molar-refractivity contribution in [1.82, 2.24) is 14.8 Å². The average molecular weight is 256 g/mol. The average Bonchev–Trinajstić information content (AvgIpc) is 2.76. The number of rotatable bonds is 3. The van der Waals surface area contributed by atoms with Gasteiger partial charge in [-0.1, -0.05) is 12.1 Å². The highest BCUT2D eigenvalue weighted by atomic mass is 19.4. The van der Waals surface area contributed by atoms with Crippen LogP contribution in [0.2, 0.25) is 0 Å². The molecule has 7 heteroatoms. The molecule has 0 spiro atoms. The van der Waals surface area contributed by atoms with Crippen LogP contribution in [0.25, 0.3) is 0 Å². The van der Waals surface area contributed by atoms with Gasteiger partial charge in [0.1, 0.15) is 6.33 Å². The van der Waals surface area contributed by atoms with Crippen LogP contribution in [-0.4, -0.2) is 14.8 Å². The Bertz CT molecular complexity index is 533. The zero-order chi connectivity index (χ0) is 13.2. The van der Waals surface area contributed by atoms with Crippen LogP contribution in [-0.2, 0) is 19.3 Å². The maximum atomic E-state index is 12.5. The fraction of sp³-hybridized carbons (Fsp3) is 0.273. The molecule has 0 fully saturated rings. The van der Waals surface area contributed by atoms with Crippen LogP contribution < -0.4 is 5.73 Å². The maximum Gasteiger partial charge on any atom is 0.416 e. The fourth-order valence-electron chi connectivity index (χ4n) is 1.54. The van der Waals surface area contributed by atoms with Gasteiger partial charge in [-0.25, -0.2) is 9.67 Å². The van der Waals surface area contributed by atoms with Crippen molar-refractivity contribution in [2.45, 2.75) is 19.3 Å². The van der Waals surface area contributed by atoms with Crippen LogP contribution in [0.1, 0.15) is 17.0 Å². The Balaban J connectivity index is 2.19. The molecular formula is C11H11F3N4. The van der Waals surface area contributed by atoms with E-state index in [2.05, 4.69) is 10.1 Å². The van der Waals surface area contributed by atoms with E-state index in [0.29, 0.717) is 11.4 Å². The summed E-state index contributed by atoms with van der Waals surface area (Å²) in [6.07, 6.45) is -2.89. The zero-order valence-electron chi connectivity index (χ0n) is 9.35. The Kier molecular flexibility index (Phi) is 3.33. The zero-order valence-corrected chi connectivity index (χ0v) is 9.35. The number of nitrogens with two attached hydrogens (primary N) is 1. The van der Waals surface area contributed by atoms with Crippen LogP contribution >= 0.6 is 0 Å². The number of hydrogen-bond donors (Lipinski definition) is 1. The summed E-state index contributed by atoms with van der Waals surface area (Å²) in [5.74, 6) is 0.460. The molecule has 0 aliphatic rings. The Morgan fingerprint density at radius 3 is 2.67 bits per heavy atom. The van der Waals surface area contributed by atoms with Gasteiger partial charge >= 0.3 is 6.18 Å². The van der Waals surface area contributed by atoms with Gasteiger partial charge in [0.15, 0.2) is 5.82 Å². The molecule has 0 bridgehead atoms. The van der Waals surface area contributed by atoms with Crippen LogP contribution in [0.15, 0.2) is 30.6 Å². The Hall–Kier alpha value is -1.89. The summed E-state index contributed by atoms with van der Waals surface area (Å²) < 4.78 is 39.0. The molecule has 4 nitrogen and oxygen atoms in total. The normalized spacial score (nSPS) is 11.8. The Morgan fingerprint density at radius 1 is 1.28 bits per heavy atom. The Morgan fingerprint density at radius 2 is 2.06 bits per heavy atom. The second-order valence-electron chi connectivity index (χ2n) is 3.76. The van der Waals surface area contributed by atoms with Gasteiger partial charge in [-0.05, 0) is 17.7 Å². The first-order valence-corrected chi connectivity index (χ1v) is 5.23. The molecule has 0 saturated heterocycles. The first-order valence-electron chi connectivity index (χ1n) is 5.23. The highest BCUT2D eigenvalue weighted by Gasteiger charge is 2.30. The van der Waals surface area contributed by atoms with Crippen LogP contribution in [0, 0.1) is 0 Å². The quantitative estimate of drug-likeness (QED) is 0.911. The van der Waals surface area contributed by atoms with Gasteiger partial charge in [-0.3, -0.25) is 0 Å². The van der Waals surface area contributed by atoms with Crippen molar-refractivity contribution in [3.63, 3.8) is 0 Å². The highest BCUT2D eigenvalue weighted by Crippen LogP contribution is 2.29. The highest BCUT2D eigenvalue weighted by molar-refractivity contribution is 5.25. The lowest BCUT2D eigenvalue weighted by molar-refractivity contribution is -0.137. The van der Waals surface area contributed by atoms with E-state index in [9.17, 15) is 13.2 Å². The minimum atomic E-state index is -4.33. The molecule has 0 atom stereocenters. The SMILES string of the molecule is NCc1ncn(Cc2cccc(C(F)(F)F)c2)n1. The van der Waals surface area contributed by atoms with E-state index in [4.69, 9.17) is 5.73 Å². The topological polar surface area (TPSA) is 56.7 Å². The molecule has 1 aromatic carbocycles. The van der Waals surface area contributed by atoms with Crippen molar-refractivity contribution >= 4 is 0 Å². The predicted octanol–water partition coefficient (Wildman–Crippen LogP) is 1.80. The molecule has 0 aliphatic heterocycles. The lowest BCUT2D eigenvalue weighted by atomic mass is 10.1. The lowest BCUT2D eigenvalue weighted by Gasteiger charge is -2.08. The van der Waals surface area contributed by atoms with Gasteiger partial charge in [-0.2, -0.15) is 18.3 Å². The minimum Gasteiger partial charge on any atom is -0.324 e. The van der Waals surface area contributed by atoms with Gasteiger partial charge in [0.25, 0.3) is 0 Å². The van der Waals surface area contributed by atoms with E-state index < -0.39 is 11.7 Å². The smallest absolute Gasteiger partial charge is 0.324 e. The molecule has 18 heavy (non-hydrogen) atoms. The predicted molar refractivity (Wildman–Crippen MR) is 58.5 cm³/mol. The summed E-state index contributed by atoms with van der Waals surface area (Å²) in [4.78, 5) is 3.91. The molecule has 1 heterocycles. The number of nitrogens with zero attached hydrogens (tertiary/aromatic N) is 3. The molecule has 0 saturated carbocycles. The van der Waals surface area contributed by atoms with Crippen LogP contribution in [0.4, 0.5) is 13.2 Å². The van der Waals surface area contributed by atoms with Crippen molar-refractivity contribution in [3.8, 4) is 0 Å². The van der Waals surface area contributed by atoms with E-state index in [1.54, 1.807) is 6.07 Å². The van der Waals surface area contributed by atoms with Gasteiger partial charge in [0.05, 0.1) is 18.7 Å². The first kappa shape index (κ1) is 12.6. The van der Waals surface area contributed by atoms with Gasteiger partial charge in [-0.15, -0.1) is 0 Å². The molecule has 2 rings (SSSR count). The molecule has 0 radical (unpaired) electrons. The maximum absolute atomic E-state index is 12.5. The monoisotopic (exact) mass is 256 g/mol. The molecular weight excluding hydrogens is 245 g/mol. The van der Waals surface area contributed by atoms with E-state index in [0.717, 1.165) is 12.1 Å². The van der Waals surface area contributed by atoms with E-state index in [1.165, 1.54) is 17.1 Å². The fourth-order valence-corrected chi connectivity index (χ4v) is 1.54. The van der Waals surface area contributed by atoms with Gasteiger partial charge < -0.3 is 5.73 Å². The number of halogens is 3. The molecule has 0 unspecified atom stereocenters. The van der Waals surface area contributed by atoms with Crippen molar-refractivity contribution < 1.29 is 13.2 Å². The summed E-state index contributed by atoms with van der Waals surface area (Å²) in [7, 11) is 0. The number of benzene rings is 1. The second-order valence-corrected chi connectivity index (χ2v) is 3.76. The molecule has 0 amide bonds. The molecule has 2 N–H and O–H groups in total. The lowest BCUT2D eigenvalue weighted by Crippen LogP contribution is -2.07. The van der Waals surface area contributed by atoms with Crippen molar-refractivity contribution in [1.29, 1.82) is 0 Å². The Labute approximate surface area is 101 Å². The minimum absolute atomic E-state index is 0.204. The van der Waals surface area contributed by atoms with Gasteiger partial charge in [0.2, 0.25) is 0 Å². The van der Waals surface area contributed by atoms with E-state index >= 15 is 0 Å². The summed E-state index contributed by atoms with van der Waals surface area (Å²) >= 11 is 0. The van der Waals surface area contributed by atoms with Gasteiger partial charge in [0, 0.05) is 0 Å².